The van der Waals surface area contributed by atoms with E-state index in [4.69, 9.17) is 0 Å². The number of fused-ring (bicyclic) bond motifs is 1. The van der Waals surface area contributed by atoms with Gasteiger partial charge in [-0.15, -0.1) is 0 Å². The molecule has 2 aliphatic carbocycles. The largest absolute Gasteiger partial charge is 0.356 e. The van der Waals surface area contributed by atoms with E-state index in [2.05, 4.69) is 30.4 Å². The van der Waals surface area contributed by atoms with Gasteiger partial charge >= 0.3 is 0 Å². The lowest BCUT2D eigenvalue weighted by molar-refractivity contribution is -0.127. The number of benzene rings is 1. The van der Waals surface area contributed by atoms with Gasteiger partial charge in [-0.25, -0.2) is 0 Å². The van der Waals surface area contributed by atoms with Crippen molar-refractivity contribution in [3.05, 3.63) is 34.9 Å². The molecule has 0 spiro atoms. The van der Waals surface area contributed by atoms with Crippen molar-refractivity contribution in [2.45, 2.75) is 64.2 Å². The molecule has 0 aromatic heterocycles. The van der Waals surface area contributed by atoms with E-state index < -0.39 is 0 Å². The van der Waals surface area contributed by atoms with Gasteiger partial charge in [0.25, 0.3) is 0 Å². The zero-order chi connectivity index (χ0) is 14.7. The van der Waals surface area contributed by atoms with Crippen molar-refractivity contribution in [1.82, 2.24) is 5.32 Å². The molecule has 2 heteroatoms. The van der Waals surface area contributed by atoms with Crippen LogP contribution in [0.5, 0.6) is 0 Å². The molecule has 21 heavy (non-hydrogen) atoms. The summed E-state index contributed by atoms with van der Waals surface area (Å²) >= 11 is 0. The predicted octanol–water partition coefficient (Wildman–Crippen LogP) is 3.98. The number of nitrogens with one attached hydrogen (secondary N) is 1. The molecular formula is C19H27NO. The Labute approximate surface area is 128 Å². The van der Waals surface area contributed by atoms with Gasteiger partial charge in [-0.05, 0) is 67.6 Å². The van der Waals surface area contributed by atoms with Gasteiger partial charge in [0, 0.05) is 12.5 Å². The van der Waals surface area contributed by atoms with Gasteiger partial charge in [-0.2, -0.15) is 0 Å². The number of carbonyl (C=O) groups is 1. The summed E-state index contributed by atoms with van der Waals surface area (Å²) in [6.45, 7) is 3.06. The molecule has 3 rings (SSSR count). The summed E-state index contributed by atoms with van der Waals surface area (Å²) in [5.74, 6) is 1.25. The predicted molar refractivity (Wildman–Crippen MR) is 86.5 cm³/mol. The van der Waals surface area contributed by atoms with Crippen LogP contribution in [0.4, 0.5) is 0 Å². The van der Waals surface area contributed by atoms with Crippen molar-refractivity contribution in [3.63, 3.8) is 0 Å². The summed E-state index contributed by atoms with van der Waals surface area (Å²) in [4.78, 5) is 11.9. The number of rotatable bonds is 5. The third kappa shape index (κ3) is 3.30. The first-order valence-corrected chi connectivity index (χ1v) is 8.67. The Hall–Kier alpha value is -1.31. The molecule has 0 radical (unpaired) electrons. The zero-order valence-corrected chi connectivity index (χ0v) is 13.2. The summed E-state index contributed by atoms with van der Waals surface area (Å²) in [5, 5.41) is 3.15. The van der Waals surface area contributed by atoms with E-state index >= 15 is 0 Å². The zero-order valence-electron chi connectivity index (χ0n) is 13.2. The molecule has 1 atom stereocenters. The fraction of sp³-hybridized carbons (Fsp3) is 0.632. The maximum absolute atomic E-state index is 11.9. The molecule has 1 amide bonds. The minimum absolute atomic E-state index is 0.291. The number of hydrogen-bond donors (Lipinski definition) is 1. The molecule has 0 aliphatic heterocycles. The monoisotopic (exact) mass is 285 g/mol. The number of carbonyl (C=O) groups excluding carboxylic acids is 1. The first-order chi connectivity index (χ1) is 10.3. The molecule has 0 bridgehead atoms. The van der Waals surface area contributed by atoms with Gasteiger partial charge in [0.2, 0.25) is 5.91 Å². The Morgan fingerprint density at radius 2 is 2.10 bits per heavy atom. The first kappa shape index (κ1) is 14.6. The number of hydrogen-bond acceptors (Lipinski definition) is 1. The van der Waals surface area contributed by atoms with E-state index in [1.807, 2.05) is 0 Å². The highest BCUT2D eigenvalue weighted by molar-refractivity contribution is 5.79. The summed E-state index contributed by atoms with van der Waals surface area (Å²) in [6.07, 6.45) is 9.42. The molecule has 0 saturated heterocycles. The van der Waals surface area contributed by atoms with Crippen molar-refractivity contribution < 1.29 is 4.79 Å². The first-order valence-electron chi connectivity index (χ1n) is 8.67. The van der Waals surface area contributed by atoms with Gasteiger partial charge in [-0.1, -0.05) is 31.5 Å². The quantitative estimate of drug-likeness (QED) is 0.871. The molecule has 1 N–H and O–H groups in total. The Morgan fingerprint density at radius 1 is 1.24 bits per heavy atom. The van der Waals surface area contributed by atoms with Crippen LogP contribution >= 0.6 is 0 Å². The second kappa shape index (κ2) is 6.64. The molecule has 1 aromatic rings. The fourth-order valence-electron chi connectivity index (χ4n) is 3.65. The highest BCUT2D eigenvalue weighted by atomic mass is 16.1. The molecule has 2 aliphatic rings. The van der Waals surface area contributed by atoms with Crippen LogP contribution in [-0.2, 0) is 17.6 Å². The van der Waals surface area contributed by atoms with E-state index in [1.54, 1.807) is 5.56 Å². The van der Waals surface area contributed by atoms with Gasteiger partial charge in [0.1, 0.15) is 0 Å². The average molecular weight is 285 g/mol. The second-order valence-electron chi connectivity index (χ2n) is 6.68. The number of amides is 1. The summed E-state index contributed by atoms with van der Waals surface area (Å²) in [7, 11) is 0. The standard InChI is InChI=1S/C19H27NO/c1-2-14-9-10-15-5-3-6-16(18(15)13-14)11-12-20-19(21)17-7-4-8-17/h9-10,13,16-17H,2-8,11-12H2,1H3,(H,20,21)/t16-/m1/s1. The van der Waals surface area contributed by atoms with Crippen molar-refractivity contribution in [3.8, 4) is 0 Å². The molecule has 0 unspecified atom stereocenters. The average Bonchev–Trinajstić information content (AvgIpc) is 2.45. The third-order valence-corrected chi connectivity index (χ3v) is 5.33. The van der Waals surface area contributed by atoms with Gasteiger partial charge in [0.15, 0.2) is 0 Å². The van der Waals surface area contributed by atoms with Crippen LogP contribution in [0.3, 0.4) is 0 Å². The minimum Gasteiger partial charge on any atom is -0.356 e. The Kier molecular flexibility index (Phi) is 4.62. The smallest absolute Gasteiger partial charge is 0.223 e. The van der Waals surface area contributed by atoms with Crippen LogP contribution < -0.4 is 5.32 Å². The van der Waals surface area contributed by atoms with Crippen LogP contribution in [0.25, 0.3) is 0 Å². The Bertz CT molecular complexity index is 504. The summed E-state index contributed by atoms with van der Waals surface area (Å²) < 4.78 is 0. The van der Waals surface area contributed by atoms with E-state index in [0.29, 0.717) is 17.7 Å². The lowest BCUT2D eigenvalue weighted by atomic mass is 9.80. The van der Waals surface area contributed by atoms with Crippen molar-refractivity contribution in [2.75, 3.05) is 6.54 Å². The van der Waals surface area contributed by atoms with Gasteiger partial charge in [-0.3, -0.25) is 4.79 Å². The molecule has 1 saturated carbocycles. The Morgan fingerprint density at radius 3 is 2.81 bits per heavy atom. The second-order valence-corrected chi connectivity index (χ2v) is 6.68. The highest BCUT2D eigenvalue weighted by Crippen LogP contribution is 2.34. The van der Waals surface area contributed by atoms with Gasteiger partial charge in [0.05, 0.1) is 0 Å². The van der Waals surface area contributed by atoms with Crippen molar-refractivity contribution >= 4 is 5.91 Å². The topological polar surface area (TPSA) is 29.1 Å². The SMILES string of the molecule is CCc1ccc2c(c1)[C@@H](CCNC(=O)C1CCC1)CCC2. The highest BCUT2D eigenvalue weighted by Gasteiger charge is 2.25. The normalized spacial score (nSPS) is 21.5. The molecule has 1 fully saturated rings. The van der Waals surface area contributed by atoms with Crippen LogP contribution in [0.15, 0.2) is 18.2 Å². The lowest BCUT2D eigenvalue weighted by Gasteiger charge is -2.27. The van der Waals surface area contributed by atoms with Crippen LogP contribution in [0.2, 0.25) is 0 Å². The minimum atomic E-state index is 0.291. The lowest BCUT2D eigenvalue weighted by Crippen LogP contribution is -2.35. The van der Waals surface area contributed by atoms with E-state index in [-0.39, 0.29) is 0 Å². The van der Waals surface area contributed by atoms with Crippen LogP contribution in [0, 0.1) is 5.92 Å². The molecule has 2 nitrogen and oxygen atoms in total. The Balaban J connectivity index is 1.58. The fourth-order valence-corrected chi connectivity index (χ4v) is 3.65. The van der Waals surface area contributed by atoms with E-state index in [1.165, 1.54) is 36.8 Å². The van der Waals surface area contributed by atoms with E-state index in [0.717, 1.165) is 32.2 Å². The van der Waals surface area contributed by atoms with Crippen molar-refractivity contribution in [1.29, 1.82) is 0 Å². The van der Waals surface area contributed by atoms with Crippen LogP contribution in [-0.4, -0.2) is 12.5 Å². The molecular weight excluding hydrogens is 258 g/mol. The molecule has 114 valence electrons. The van der Waals surface area contributed by atoms with E-state index in [9.17, 15) is 4.79 Å². The van der Waals surface area contributed by atoms with Gasteiger partial charge < -0.3 is 5.32 Å². The summed E-state index contributed by atoms with van der Waals surface area (Å²) in [6, 6.07) is 7.01. The summed E-state index contributed by atoms with van der Waals surface area (Å²) in [5.41, 5.74) is 4.53. The third-order valence-electron chi connectivity index (χ3n) is 5.33. The number of aryl methyl sites for hydroxylation is 2. The molecule has 1 aromatic carbocycles. The molecule has 0 heterocycles. The maximum atomic E-state index is 11.9. The van der Waals surface area contributed by atoms with Crippen LogP contribution in [0.1, 0.15) is 68.1 Å². The van der Waals surface area contributed by atoms with Crippen molar-refractivity contribution in [2.24, 2.45) is 5.92 Å². The maximum Gasteiger partial charge on any atom is 0.223 e.